The highest BCUT2D eigenvalue weighted by Crippen LogP contribution is 2.34. The van der Waals surface area contributed by atoms with Crippen LogP contribution in [-0.4, -0.2) is 37.6 Å². The molecule has 0 aromatic heterocycles. The maximum Gasteiger partial charge on any atom is 0.00501 e. The minimum atomic E-state index is 0.581. The molecule has 0 amide bonds. The van der Waals surface area contributed by atoms with Gasteiger partial charge in [0.1, 0.15) is 0 Å². The van der Waals surface area contributed by atoms with Crippen LogP contribution in [0, 0.1) is 11.3 Å². The summed E-state index contributed by atoms with van der Waals surface area (Å²) in [5.41, 5.74) is 0.581. The highest BCUT2D eigenvalue weighted by atomic mass is 15.1. The van der Waals surface area contributed by atoms with Crippen LogP contribution in [0.3, 0.4) is 0 Å². The summed E-state index contributed by atoms with van der Waals surface area (Å²) in [6, 6.07) is 0. The van der Waals surface area contributed by atoms with Crippen LogP contribution in [0.15, 0.2) is 0 Å². The van der Waals surface area contributed by atoms with E-state index in [9.17, 15) is 0 Å². The van der Waals surface area contributed by atoms with Crippen molar-refractivity contribution in [2.45, 2.75) is 71.6 Å². The lowest BCUT2D eigenvalue weighted by Gasteiger charge is -2.41. The Hall–Kier alpha value is -0.0800. The van der Waals surface area contributed by atoms with Crippen molar-refractivity contribution in [3.8, 4) is 0 Å². The van der Waals surface area contributed by atoms with Crippen molar-refractivity contribution >= 4 is 0 Å². The van der Waals surface area contributed by atoms with Crippen LogP contribution in [0.2, 0.25) is 0 Å². The third-order valence-electron chi connectivity index (χ3n) is 5.54. The fourth-order valence-corrected chi connectivity index (χ4v) is 4.54. The van der Waals surface area contributed by atoms with Crippen molar-refractivity contribution in [1.82, 2.24) is 10.2 Å². The molecule has 2 heterocycles. The molecule has 0 radical (unpaired) electrons. The number of likely N-dealkylation sites (tertiary alicyclic amines) is 1. The second-order valence-corrected chi connectivity index (χ2v) is 7.39. The van der Waals surface area contributed by atoms with Gasteiger partial charge in [0, 0.05) is 13.1 Å². The normalized spacial score (nSPS) is 33.0. The maximum atomic E-state index is 3.67. The lowest BCUT2D eigenvalue weighted by Crippen LogP contribution is -2.47. The minimum Gasteiger partial charge on any atom is -0.316 e. The van der Waals surface area contributed by atoms with Crippen LogP contribution in [-0.2, 0) is 0 Å². The Balaban J connectivity index is 1.86. The van der Waals surface area contributed by atoms with E-state index >= 15 is 0 Å². The Labute approximate surface area is 126 Å². The van der Waals surface area contributed by atoms with E-state index in [0.717, 1.165) is 5.92 Å². The lowest BCUT2D eigenvalue weighted by molar-refractivity contribution is 0.107. The molecule has 0 saturated carbocycles. The molecule has 2 saturated heterocycles. The van der Waals surface area contributed by atoms with Crippen LogP contribution in [0.1, 0.15) is 71.6 Å². The molecule has 2 aliphatic rings. The fraction of sp³-hybridized carbons (Fsp3) is 1.00. The molecule has 0 aromatic rings. The van der Waals surface area contributed by atoms with E-state index in [1.54, 1.807) is 0 Å². The molecule has 118 valence electrons. The molecular weight excluding hydrogens is 244 g/mol. The highest BCUT2D eigenvalue weighted by Gasteiger charge is 2.33. The van der Waals surface area contributed by atoms with Crippen LogP contribution in [0.5, 0.6) is 0 Å². The molecule has 0 spiro atoms. The third kappa shape index (κ3) is 4.73. The summed E-state index contributed by atoms with van der Waals surface area (Å²) < 4.78 is 0. The first-order valence-corrected chi connectivity index (χ1v) is 9.21. The smallest absolute Gasteiger partial charge is 0.00501 e. The average Bonchev–Trinajstić information content (AvgIpc) is 2.66. The van der Waals surface area contributed by atoms with Gasteiger partial charge in [0.2, 0.25) is 0 Å². The Bertz CT molecular complexity index is 253. The van der Waals surface area contributed by atoms with E-state index < -0.39 is 0 Å². The summed E-state index contributed by atoms with van der Waals surface area (Å²) in [5, 5.41) is 3.67. The lowest BCUT2D eigenvalue weighted by atomic mass is 9.76. The Morgan fingerprint density at radius 1 is 1.10 bits per heavy atom. The zero-order valence-electron chi connectivity index (χ0n) is 13.9. The second kappa shape index (κ2) is 8.38. The summed E-state index contributed by atoms with van der Waals surface area (Å²) in [6.07, 6.45) is 12.8. The average molecular weight is 280 g/mol. The number of nitrogens with zero attached hydrogens (tertiary/aromatic N) is 1. The van der Waals surface area contributed by atoms with Crippen molar-refractivity contribution in [2.24, 2.45) is 11.3 Å². The quantitative estimate of drug-likeness (QED) is 0.789. The molecule has 2 atom stereocenters. The molecular formula is C18H36N2. The standard InChI is InChI=1S/C18H36N2/c1-3-7-17-8-5-13-20(14-9-17)16-18(10-4-2)11-6-12-19-15-18/h17,19H,3-16H2,1-2H3. The van der Waals surface area contributed by atoms with Gasteiger partial charge in [-0.1, -0.05) is 33.1 Å². The molecule has 0 aromatic carbocycles. The van der Waals surface area contributed by atoms with Crippen molar-refractivity contribution in [3.63, 3.8) is 0 Å². The molecule has 2 fully saturated rings. The van der Waals surface area contributed by atoms with Crippen molar-refractivity contribution in [2.75, 3.05) is 32.7 Å². The topological polar surface area (TPSA) is 15.3 Å². The first-order valence-electron chi connectivity index (χ1n) is 9.21. The highest BCUT2D eigenvalue weighted by molar-refractivity contribution is 4.88. The van der Waals surface area contributed by atoms with Crippen molar-refractivity contribution in [1.29, 1.82) is 0 Å². The first kappa shape index (κ1) is 16.3. The van der Waals surface area contributed by atoms with Gasteiger partial charge in [-0.25, -0.2) is 0 Å². The molecule has 1 N–H and O–H groups in total. The monoisotopic (exact) mass is 280 g/mol. The van der Waals surface area contributed by atoms with E-state index in [0.29, 0.717) is 5.41 Å². The zero-order chi connectivity index (χ0) is 14.3. The zero-order valence-corrected chi connectivity index (χ0v) is 13.9. The van der Waals surface area contributed by atoms with Crippen LogP contribution in [0.4, 0.5) is 0 Å². The second-order valence-electron chi connectivity index (χ2n) is 7.39. The van der Waals surface area contributed by atoms with E-state index in [-0.39, 0.29) is 0 Å². The van der Waals surface area contributed by atoms with Crippen molar-refractivity contribution < 1.29 is 0 Å². The van der Waals surface area contributed by atoms with Gasteiger partial charge < -0.3 is 10.2 Å². The van der Waals surface area contributed by atoms with E-state index in [1.807, 2.05) is 0 Å². The van der Waals surface area contributed by atoms with Gasteiger partial charge in [0.15, 0.2) is 0 Å². The van der Waals surface area contributed by atoms with Gasteiger partial charge in [0.25, 0.3) is 0 Å². The Kier molecular flexibility index (Phi) is 6.83. The molecule has 2 rings (SSSR count). The summed E-state index contributed by atoms with van der Waals surface area (Å²) in [5.74, 6) is 1.01. The fourth-order valence-electron chi connectivity index (χ4n) is 4.54. The first-order chi connectivity index (χ1) is 9.78. The third-order valence-corrected chi connectivity index (χ3v) is 5.54. The summed E-state index contributed by atoms with van der Waals surface area (Å²) in [4.78, 5) is 2.80. The van der Waals surface area contributed by atoms with E-state index in [4.69, 9.17) is 0 Å². The van der Waals surface area contributed by atoms with Gasteiger partial charge in [-0.2, -0.15) is 0 Å². The van der Waals surface area contributed by atoms with Crippen LogP contribution in [0.25, 0.3) is 0 Å². The van der Waals surface area contributed by atoms with E-state index in [1.165, 1.54) is 90.5 Å². The van der Waals surface area contributed by atoms with Gasteiger partial charge in [-0.15, -0.1) is 0 Å². The van der Waals surface area contributed by atoms with E-state index in [2.05, 4.69) is 24.1 Å². The van der Waals surface area contributed by atoms with Gasteiger partial charge in [0.05, 0.1) is 0 Å². The van der Waals surface area contributed by atoms with Crippen LogP contribution < -0.4 is 5.32 Å². The van der Waals surface area contributed by atoms with Gasteiger partial charge in [-0.05, 0) is 69.5 Å². The molecule has 2 heteroatoms. The van der Waals surface area contributed by atoms with Crippen LogP contribution >= 0.6 is 0 Å². The molecule has 0 bridgehead atoms. The Morgan fingerprint density at radius 3 is 2.70 bits per heavy atom. The van der Waals surface area contributed by atoms with Gasteiger partial charge in [-0.3, -0.25) is 0 Å². The molecule has 20 heavy (non-hydrogen) atoms. The number of rotatable bonds is 6. The number of hydrogen-bond acceptors (Lipinski definition) is 2. The molecule has 2 unspecified atom stereocenters. The van der Waals surface area contributed by atoms with Gasteiger partial charge >= 0.3 is 0 Å². The molecule has 2 aliphatic heterocycles. The number of nitrogens with one attached hydrogen (secondary N) is 1. The maximum absolute atomic E-state index is 3.67. The largest absolute Gasteiger partial charge is 0.316 e. The summed E-state index contributed by atoms with van der Waals surface area (Å²) in [7, 11) is 0. The number of hydrogen-bond donors (Lipinski definition) is 1. The SMILES string of the molecule is CCCC1CCCN(CC2(CCC)CCCNC2)CC1. The Morgan fingerprint density at radius 2 is 2.00 bits per heavy atom. The minimum absolute atomic E-state index is 0.581. The number of piperidine rings is 1. The summed E-state index contributed by atoms with van der Waals surface area (Å²) >= 11 is 0. The molecule has 2 nitrogen and oxygen atoms in total. The predicted molar refractivity (Wildman–Crippen MR) is 88.1 cm³/mol. The van der Waals surface area contributed by atoms with Crippen molar-refractivity contribution in [3.05, 3.63) is 0 Å². The predicted octanol–water partition coefficient (Wildman–Crippen LogP) is 4.06. The molecule has 0 aliphatic carbocycles. The summed E-state index contributed by atoms with van der Waals surface area (Å²) in [6.45, 7) is 11.3.